The Labute approximate surface area is 167 Å². The minimum atomic E-state index is -0.234. The highest BCUT2D eigenvalue weighted by atomic mass is 16.1. The lowest BCUT2D eigenvalue weighted by Gasteiger charge is -2.11. The summed E-state index contributed by atoms with van der Waals surface area (Å²) < 4.78 is 1.94. The van der Waals surface area contributed by atoms with Crippen molar-refractivity contribution in [3.63, 3.8) is 0 Å². The fourth-order valence-electron chi connectivity index (χ4n) is 3.54. The number of likely N-dealkylation sites (N-methyl/N-ethyl adjacent to an activating group) is 1. The van der Waals surface area contributed by atoms with E-state index in [9.17, 15) is 4.79 Å². The zero-order chi connectivity index (χ0) is 20.0. The van der Waals surface area contributed by atoms with Crippen LogP contribution in [0.5, 0.6) is 0 Å². The van der Waals surface area contributed by atoms with Crippen LogP contribution in [0.4, 0.5) is 0 Å². The molecule has 0 saturated heterocycles. The van der Waals surface area contributed by atoms with Gasteiger partial charge in [-0.2, -0.15) is 0 Å². The molecule has 0 atom stereocenters. The molecule has 1 N–H and O–H groups in total. The number of imidazole rings is 1. The third-order valence-corrected chi connectivity index (χ3v) is 4.96. The smallest absolute Gasteiger partial charge is 0.273 e. The van der Waals surface area contributed by atoms with E-state index in [-0.39, 0.29) is 5.91 Å². The molecule has 0 spiro atoms. The minimum Gasteiger partial charge on any atom is -0.349 e. The molecule has 29 heavy (non-hydrogen) atoms. The van der Waals surface area contributed by atoms with E-state index < -0.39 is 0 Å². The molecule has 0 bridgehead atoms. The van der Waals surface area contributed by atoms with E-state index in [1.165, 1.54) is 0 Å². The third kappa shape index (κ3) is 2.96. The van der Waals surface area contributed by atoms with Crippen molar-refractivity contribution in [3.8, 4) is 0 Å². The van der Waals surface area contributed by atoms with Gasteiger partial charge in [0, 0.05) is 18.5 Å². The van der Waals surface area contributed by atoms with Crippen molar-refractivity contribution < 1.29 is 4.79 Å². The summed E-state index contributed by atoms with van der Waals surface area (Å²) in [5.41, 5.74) is 4.77. The van der Waals surface area contributed by atoms with E-state index in [2.05, 4.69) is 10.3 Å². The number of hydrogen-bond acceptors (Lipinski definition) is 5. The van der Waals surface area contributed by atoms with Gasteiger partial charge >= 0.3 is 0 Å². The van der Waals surface area contributed by atoms with Crippen LogP contribution in [-0.2, 0) is 0 Å². The lowest BCUT2D eigenvalue weighted by molar-refractivity contribution is 0.0947. The highest BCUT2D eigenvalue weighted by molar-refractivity contribution is 6.03. The molecule has 5 rings (SSSR count). The summed E-state index contributed by atoms with van der Waals surface area (Å²) >= 11 is 0. The van der Waals surface area contributed by atoms with Crippen molar-refractivity contribution in [2.75, 3.05) is 27.2 Å². The van der Waals surface area contributed by atoms with Crippen molar-refractivity contribution in [1.82, 2.24) is 29.6 Å². The molecule has 2 aromatic carbocycles. The van der Waals surface area contributed by atoms with Gasteiger partial charge in [0.2, 0.25) is 0 Å². The normalized spacial score (nSPS) is 11.8. The first-order valence-corrected chi connectivity index (χ1v) is 9.51. The molecule has 0 aliphatic heterocycles. The molecule has 144 valence electrons. The molecular weight excluding hydrogens is 364 g/mol. The fraction of sp³-hybridized carbons (Fsp3) is 0.182. The van der Waals surface area contributed by atoms with E-state index in [4.69, 9.17) is 9.97 Å². The predicted octanol–water partition coefficient (Wildman–Crippen LogP) is 2.88. The van der Waals surface area contributed by atoms with Crippen molar-refractivity contribution >= 4 is 44.7 Å². The van der Waals surface area contributed by atoms with E-state index in [0.717, 1.165) is 28.5 Å². The van der Waals surface area contributed by atoms with Crippen molar-refractivity contribution in [2.45, 2.75) is 0 Å². The van der Waals surface area contributed by atoms with Gasteiger partial charge in [-0.05, 0) is 38.4 Å². The number of amides is 1. The molecule has 7 nitrogen and oxygen atoms in total. The molecule has 0 aliphatic carbocycles. The number of carbonyl (C=O) groups is 1. The Hall–Kier alpha value is -3.58. The number of para-hydroxylation sites is 3. The fourth-order valence-corrected chi connectivity index (χ4v) is 3.54. The largest absolute Gasteiger partial charge is 0.349 e. The zero-order valence-electron chi connectivity index (χ0n) is 16.3. The molecule has 1 amide bonds. The van der Waals surface area contributed by atoms with Crippen LogP contribution in [0.2, 0.25) is 0 Å². The lowest BCUT2D eigenvalue weighted by atomic mass is 10.2. The molecular formula is C22H20N6O. The average Bonchev–Trinajstić information content (AvgIpc) is 3.11. The monoisotopic (exact) mass is 384 g/mol. The van der Waals surface area contributed by atoms with Crippen LogP contribution >= 0.6 is 0 Å². The van der Waals surface area contributed by atoms with Gasteiger partial charge in [0.25, 0.3) is 5.91 Å². The van der Waals surface area contributed by atoms with E-state index in [1.54, 1.807) is 0 Å². The second-order valence-electron chi connectivity index (χ2n) is 7.30. The standard InChI is InChI=1S/C22H20N6O/c1-27(2)12-11-23-22(29)19-21-26-16-9-5-6-10-18(16)28(21)20-17(24-19)13-14-7-3-4-8-15(14)25-20/h3-10,13H,11-12H2,1-2H3,(H,23,29). The molecule has 5 aromatic rings. The number of nitrogens with zero attached hydrogens (tertiary/aromatic N) is 5. The third-order valence-electron chi connectivity index (χ3n) is 4.96. The first kappa shape index (κ1) is 17.5. The molecule has 3 heterocycles. The summed E-state index contributed by atoms with van der Waals surface area (Å²) in [4.78, 5) is 29.2. The summed E-state index contributed by atoms with van der Waals surface area (Å²) in [6, 6.07) is 17.7. The van der Waals surface area contributed by atoms with E-state index >= 15 is 0 Å². The molecule has 0 aliphatic rings. The number of aromatic nitrogens is 4. The molecule has 3 aromatic heterocycles. The number of rotatable bonds is 4. The molecule has 0 fully saturated rings. The minimum absolute atomic E-state index is 0.234. The van der Waals surface area contributed by atoms with Gasteiger partial charge in [-0.15, -0.1) is 0 Å². The van der Waals surface area contributed by atoms with Crippen molar-refractivity contribution in [3.05, 3.63) is 60.3 Å². The van der Waals surface area contributed by atoms with Gasteiger partial charge in [0.15, 0.2) is 17.0 Å². The highest BCUT2D eigenvalue weighted by Crippen LogP contribution is 2.25. The van der Waals surface area contributed by atoms with Gasteiger partial charge in [-0.3, -0.25) is 9.20 Å². The van der Waals surface area contributed by atoms with Crippen LogP contribution in [0, 0.1) is 0 Å². The Morgan fingerprint density at radius 3 is 2.48 bits per heavy atom. The van der Waals surface area contributed by atoms with Crippen LogP contribution in [0.15, 0.2) is 54.6 Å². The van der Waals surface area contributed by atoms with Gasteiger partial charge in [-0.1, -0.05) is 30.3 Å². The second-order valence-corrected chi connectivity index (χ2v) is 7.30. The Kier molecular flexibility index (Phi) is 4.10. The molecule has 0 radical (unpaired) electrons. The van der Waals surface area contributed by atoms with Gasteiger partial charge in [0.05, 0.1) is 16.6 Å². The summed E-state index contributed by atoms with van der Waals surface area (Å²) in [5.74, 6) is -0.234. The van der Waals surface area contributed by atoms with Crippen molar-refractivity contribution in [2.24, 2.45) is 0 Å². The maximum Gasteiger partial charge on any atom is 0.273 e. The maximum absolute atomic E-state index is 13.0. The first-order chi connectivity index (χ1) is 14.1. The first-order valence-electron chi connectivity index (χ1n) is 9.51. The topological polar surface area (TPSA) is 75.4 Å². The molecule has 0 unspecified atom stereocenters. The van der Waals surface area contributed by atoms with Gasteiger partial charge in [-0.25, -0.2) is 15.0 Å². The second kappa shape index (κ2) is 6.79. The Bertz CT molecular complexity index is 1390. The number of carbonyl (C=O) groups excluding carboxylic acids is 1. The Morgan fingerprint density at radius 2 is 1.66 bits per heavy atom. The van der Waals surface area contributed by atoms with Gasteiger partial charge < -0.3 is 10.2 Å². The number of pyridine rings is 1. The SMILES string of the molecule is CN(C)CCNC(=O)c1nc2cc3ccccc3nc2n2c1nc1ccccc12. The summed E-state index contributed by atoms with van der Waals surface area (Å²) in [7, 11) is 3.94. The van der Waals surface area contributed by atoms with Crippen LogP contribution < -0.4 is 5.32 Å². The summed E-state index contributed by atoms with van der Waals surface area (Å²) in [6.45, 7) is 1.28. The Balaban J connectivity index is 1.79. The predicted molar refractivity (Wildman–Crippen MR) is 114 cm³/mol. The molecule has 7 heteroatoms. The number of benzene rings is 2. The Morgan fingerprint density at radius 1 is 0.931 bits per heavy atom. The number of hydrogen-bond donors (Lipinski definition) is 1. The lowest BCUT2D eigenvalue weighted by Crippen LogP contribution is -2.32. The summed E-state index contributed by atoms with van der Waals surface area (Å²) in [5, 5.41) is 3.93. The summed E-state index contributed by atoms with van der Waals surface area (Å²) in [6.07, 6.45) is 0. The van der Waals surface area contributed by atoms with Crippen LogP contribution in [0.3, 0.4) is 0 Å². The zero-order valence-corrected chi connectivity index (χ0v) is 16.3. The van der Waals surface area contributed by atoms with Crippen molar-refractivity contribution in [1.29, 1.82) is 0 Å². The van der Waals surface area contributed by atoms with E-state index in [0.29, 0.717) is 29.0 Å². The van der Waals surface area contributed by atoms with Gasteiger partial charge in [0.1, 0.15) is 5.52 Å². The van der Waals surface area contributed by atoms with Crippen LogP contribution in [-0.4, -0.2) is 57.3 Å². The highest BCUT2D eigenvalue weighted by Gasteiger charge is 2.20. The number of nitrogens with one attached hydrogen (secondary N) is 1. The van der Waals surface area contributed by atoms with E-state index in [1.807, 2.05) is 78.0 Å². The number of fused-ring (bicyclic) bond motifs is 6. The quantitative estimate of drug-likeness (QED) is 0.482. The van der Waals surface area contributed by atoms with Crippen LogP contribution in [0.25, 0.3) is 38.7 Å². The van der Waals surface area contributed by atoms with Crippen LogP contribution in [0.1, 0.15) is 10.5 Å². The average molecular weight is 384 g/mol. The molecule has 0 saturated carbocycles. The maximum atomic E-state index is 13.0.